The Morgan fingerprint density at radius 1 is 1.17 bits per heavy atom. The van der Waals surface area contributed by atoms with Gasteiger partial charge in [-0.1, -0.05) is 18.2 Å². The molecule has 0 amide bonds. The molecule has 0 radical (unpaired) electrons. The minimum atomic E-state index is -4.60. The second kappa shape index (κ2) is 7.38. The smallest absolute Gasteiger partial charge is 0.432 e. The molecule has 0 saturated heterocycles. The first-order valence-electron chi connectivity index (χ1n) is 6.36. The summed E-state index contributed by atoms with van der Waals surface area (Å²) in [4.78, 5) is 39.7. The van der Waals surface area contributed by atoms with Gasteiger partial charge in [0, 0.05) is 17.0 Å². The molecule has 0 spiro atoms. The highest BCUT2D eigenvalue weighted by Gasteiger charge is 2.14. The van der Waals surface area contributed by atoms with Crippen LogP contribution in [0.25, 0.3) is 11.0 Å². The second-order valence-corrected chi connectivity index (χ2v) is 5.54. The van der Waals surface area contributed by atoms with Crippen molar-refractivity contribution in [3.63, 3.8) is 0 Å². The van der Waals surface area contributed by atoms with Gasteiger partial charge in [-0.25, -0.2) is 14.2 Å². The SMILES string of the molecule is O=C(OCCOP(=O)(O)O)OCc1cc(=O)oc2ccccc12. The Labute approximate surface area is 129 Å². The largest absolute Gasteiger partial charge is 0.508 e. The lowest BCUT2D eigenvalue weighted by Gasteiger charge is -2.08. The van der Waals surface area contributed by atoms with E-state index in [1.54, 1.807) is 24.3 Å². The van der Waals surface area contributed by atoms with E-state index in [1.807, 2.05) is 0 Å². The van der Waals surface area contributed by atoms with Crippen molar-refractivity contribution in [1.82, 2.24) is 0 Å². The quantitative estimate of drug-likeness (QED) is 0.346. The average molecular weight is 344 g/mol. The van der Waals surface area contributed by atoms with Gasteiger partial charge >= 0.3 is 19.6 Å². The summed E-state index contributed by atoms with van der Waals surface area (Å²) in [6, 6.07) is 7.95. The predicted molar refractivity (Wildman–Crippen MR) is 76.6 cm³/mol. The fourth-order valence-corrected chi connectivity index (χ4v) is 2.07. The van der Waals surface area contributed by atoms with Crippen LogP contribution in [-0.2, 0) is 25.2 Å². The van der Waals surface area contributed by atoms with Crippen LogP contribution in [0.15, 0.2) is 39.5 Å². The summed E-state index contributed by atoms with van der Waals surface area (Å²) in [6.07, 6.45) is -1.06. The summed E-state index contributed by atoms with van der Waals surface area (Å²) in [7, 11) is -4.60. The molecule has 1 heterocycles. The van der Waals surface area contributed by atoms with Crippen LogP contribution in [0.5, 0.6) is 0 Å². The predicted octanol–water partition coefficient (Wildman–Crippen LogP) is 1.56. The van der Waals surface area contributed by atoms with Crippen LogP contribution < -0.4 is 5.63 Å². The Hall–Kier alpha value is -2.19. The fourth-order valence-electron chi connectivity index (χ4n) is 1.76. The van der Waals surface area contributed by atoms with Crippen molar-refractivity contribution in [1.29, 1.82) is 0 Å². The highest BCUT2D eigenvalue weighted by Crippen LogP contribution is 2.35. The van der Waals surface area contributed by atoms with Crippen LogP contribution in [0.2, 0.25) is 0 Å². The zero-order chi connectivity index (χ0) is 16.9. The monoisotopic (exact) mass is 344 g/mol. The minimum absolute atomic E-state index is 0.218. The Balaban J connectivity index is 1.90. The average Bonchev–Trinajstić information content (AvgIpc) is 2.48. The Bertz CT molecular complexity index is 791. The number of fused-ring (bicyclic) bond motifs is 1. The second-order valence-electron chi connectivity index (χ2n) is 4.30. The van der Waals surface area contributed by atoms with Crippen molar-refractivity contribution >= 4 is 24.9 Å². The van der Waals surface area contributed by atoms with Crippen LogP contribution in [0, 0.1) is 0 Å². The molecular weight excluding hydrogens is 331 g/mol. The molecule has 0 aliphatic rings. The van der Waals surface area contributed by atoms with E-state index >= 15 is 0 Å². The van der Waals surface area contributed by atoms with Crippen molar-refractivity contribution in [2.24, 2.45) is 0 Å². The zero-order valence-electron chi connectivity index (χ0n) is 11.7. The molecule has 2 N–H and O–H groups in total. The molecule has 0 fully saturated rings. The molecule has 9 nitrogen and oxygen atoms in total. The zero-order valence-corrected chi connectivity index (χ0v) is 12.6. The van der Waals surface area contributed by atoms with Crippen molar-refractivity contribution in [3.05, 3.63) is 46.3 Å². The van der Waals surface area contributed by atoms with E-state index in [1.165, 1.54) is 6.07 Å². The van der Waals surface area contributed by atoms with Crippen LogP contribution in [-0.4, -0.2) is 29.2 Å². The van der Waals surface area contributed by atoms with Crippen molar-refractivity contribution in [2.75, 3.05) is 13.2 Å². The molecule has 10 heteroatoms. The normalized spacial score (nSPS) is 11.4. The highest BCUT2D eigenvalue weighted by atomic mass is 31.2. The number of rotatable bonds is 6. The number of benzene rings is 1. The Kier molecular flexibility index (Phi) is 5.51. The third-order valence-corrected chi connectivity index (χ3v) is 3.16. The molecule has 0 atom stereocenters. The van der Waals surface area contributed by atoms with Crippen LogP contribution >= 0.6 is 7.82 Å². The molecule has 0 aliphatic heterocycles. The van der Waals surface area contributed by atoms with E-state index in [-0.39, 0.29) is 13.2 Å². The van der Waals surface area contributed by atoms with E-state index in [9.17, 15) is 14.2 Å². The van der Waals surface area contributed by atoms with Gasteiger partial charge in [-0.05, 0) is 6.07 Å². The summed E-state index contributed by atoms with van der Waals surface area (Å²) in [5.74, 6) is 0. The van der Waals surface area contributed by atoms with Gasteiger partial charge in [-0.2, -0.15) is 0 Å². The number of hydrogen-bond donors (Lipinski definition) is 2. The number of ether oxygens (including phenoxy) is 2. The molecule has 1 aromatic heterocycles. The number of para-hydroxylation sites is 1. The molecule has 0 bridgehead atoms. The number of carbonyl (C=O) groups excluding carboxylic acids is 1. The number of phosphoric acid groups is 1. The minimum Gasteiger partial charge on any atom is -0.432 e. The summed E-state index contributed by atoms with van der Waals surface area (Å²) >= 11 is 0. The molecule has 2 aromatic rings. The first-order chi connectivity index (χ1) is 10.8. The summed E-state index contributed by atoms with van der Waals surface area (Å²) < 4.78 is 28.9. The van der Waals surface area contributed by atoms with E-state index in [0.717, 1.165) is 0 Å². The van der Waals surface area contributed by atoms with E-state index in [2.05, 4.69) is 9.26 Å². The molecule has 0 saturated carbocycles. The molecular formula is C13H13O9P. The Morgan fingerprint density at radius 3 is 2.65 bits per heavy atom. The third kappa shape index (κ3) is 5.50. The van der Waals surface area contributed by atoms with Crippen molar-refractivity contribution < 1.29 is 37.6 Å². The van der Waals surface area contributed by atoms with Gasteiger partial charge in [0.05, 0.1) is 6.61 Å². The lowest BCUT2D eigenvalue weighted by atomic mass is 10.1. The third-order valence-electron chi connectivity index (χ3n) is 2.64. The van der Waals surface area contributed by atoms with Crippen molar-refractivity contribution in [3.8, 4) is 0 Å². The van der Waals surface area contributed by atoms with Crippen LogP contribution in [0.1, 0.15) is 5.56 Å². The first-order valence-corrected chi connectivity index (χ1v) is 7.89. The maximum atomic E-state index is 11.4. The van der Waals surface area contributed by atoms with E-state index in [4.69, 9.17) is 18.9 Å². The number of phosphoric ester groups is 1. The standard InChI is InChI=1S/C13H13O9P/c14-12-7-9(10-3-1-2-4-11(10)22-12)8-20-13(15)19-5-6-21-23(16,17)18/h1-4,7H,5-6,8H2,(H2,16,17,18). The van der Waals surface area contributed by atoms with Gasteiger partial charge in [0.1, 0.15) is 18.8 Å². The summed E-state index contributed by atoms with van der Waals surface area (Å²) in [6.45, 7) is -1.08. The van der Waals surface area contributed by atoms with Crippen LogP contribution in [0.3, 0.4) is 0 Å². The number of carbonyl (C=O) groups is 1. The van der Waals surface area contributed by atoms with Gasteiger partial charge < -0.3 is 23.7 Å². The van der Waals surface area contributed by atoms with E-state index in [0.29, 0.717) is 16.5 Å². The van der Waals surface area contributed by atoms with Gasteiger partial charge in [0.2, 0.25) is 0 Å². The van der Waals surface area contributed by atoms with Gasteiger partial charge in [-0.3, -0.25) is 4.52 Å². The lowest BCUT2D eigenvalue weighted by Crippen LogP contribution is -2.12. The van der Waals surface area contributed by atoms with Gasteiger partial charge in [0.25, 0.3) is 0 Å². The number of hydrogen-bond acceptors (Lipinski definition) is 7. The molecule has 23 heavy (non-hydrogen) atoms. The molecule has 2 rings (SSSR count). The van der Waals surface area contributed by atoms with E-state index < -0.39 is 26.2 Å². The summed E-state index contributed by atoms with van der Waals surface area (Å²) in [5, 5.41) is 0.615. The molecule has 124 valence electrons. The Morgan fingerprint density at radius 2 is 1.91 bits per heavy atom. The maximum Gasteiger partial charge on any atom is 0.508 e. The fraction of sp³-hybridized carbons (Fsp3) is 0.231. The highest BCUT2D eigenvalue weighted by molar-refractivity contribution is 7.46. The first kappa shape index (κ1) is 17.2. The molecule has 0 unspecified atom stereocenters. The lowest BCUT2D eigenvalue weighted by molar-refractivity contribution is 0.0378. The summed E-state index contributed by atoms with van der Waals surface area (Å²) in [5.41, 5.74) is 0.230. The van der Waals surface area contributed by atoms with Crippen molar-refractivity contribution in [2.45, 2.75) is 6.61 Å². The van der Waals surface area contributed by atoms with Gasteiger partial charge in [0.15, 0.2) is 0 Å². The molecule has 1 aromatic carbocycles. The molecule has 0 aliphatic carbocycles. The van der Waals surface area contributed by atoms with Crippen LogP contribution in [0.4, 0.5) is 4.79 Å². The topological polar surface area (TPSA) is 132 Å². The van der Waals surface area contributed by atoms with Gasteiger partial charge in [-0.15, -0.1) is 0 Å². The maximum absolute atomic E-state index is 11.4.